The zero-order valence-corrected chi connectivity index (χ0v) is 16.6. The molecule has 0 saturated carbocycles. The van der Waals surface area contributed by atoms with Gasteiger partial charge in [-0.25, -0.2) is 4.39 Å². The third kappa shape index (κ3) is 3.99. The number of nitrogens with zero attached hydrogens (tertiary/aromatic N) is 4. The number of piperazine rings is 1. The van der Waals surface area contributed by atoms with Crippen LogP contribution >= 0.6 is 0 Å². The van der Waals surface area contributed by atoms with Crippen molar-refractivity contribution in [3.63, 3.8) is 0 Å². The minimum Gasteiger partial charge on any atom is -0.368 e. The molecule has 0 unspecified atom stereocenters. The van der Waals surface area contributed by atoms with Crippen molar-refractivity contribution in [2.24, 2.45) is 0 Å². The first-order chi connectivity index (χ1) is 14.6. The minimum atomic E-state index is -0.462. The second-order valence-corrected chi connectivity index (χ2v) is 7.64. The molecule has 0 spiro atoms. The third-order valence-electron chi connectivity index (χ3n) is 5.82. The van der Waals surface area contributed by atoms with Crippen LogP contribution in [0, 0.1) is 17.1 Å². The number of halogens is 1. The predicted octanol–water partition coefficient (Wildman–Crippen LogP) is 2.65. The molecule has 0 N–H and O–H groups in total. The van der Waals surface area contributed by atoms with E-state index in [-0.39, 0.29) is 11.8 Å². The summed E-state index contributed by atoms with van der Waals surface area (Å²) >= 11 is 0. The maximum Gasteiger partial charge on any atom is 0.254 e. The van der Waals surface area contributed by atoms with Crippen molar-refractivity contribution in [2.75, 3.05) is 37.6 Å². The summed E-state index contributed by atoms with van der Waals surface area (Å²) in [4.78, 5) is 31.6. The molecule has 0 bridgehead atoms. The fourth-order valence-electron chi connectivity index (χ4n) is 4.19. The molecule has 2 aliphatic heterocycles. The number of carbonyl (C=O) groups is 2. The van der Waals surface area contributed by atoms with Gasteiger partial charge in [-0.05, 0) is 55.3 Å². The van der Waals surface area contributed by atoms with Crippen molar-refractivity contribution in [2.45, 2.75) is 18.9 Å². The zero-order valence-electron chi connectivity index (χ0n) is 16.6. The van der Waals surface area contributed by atoms with E-state index in [9.17, 15) is 14.0 Å². The van der Waals surface area contributed by atoms with Gasteiger partial charge in [-0.1, -0.05) is 6.07 Å². The molecule has 2 aromatic rings. The molecular formula is C23H23FN4O2. The first kappa shape index (κ1) is 19.9. The maximum atomic E-state index is 13.2. The molecule has 1 atom stereocenters. The van der Waals surface area contributed by atoms with Crippen molar-refractivity contribution in [1.82, 2.24) is 9.80 Å². The predicted molar refractivity (Wildman–Crippen MR) is 110 cm³/mol. The summed E-state index contributed by atoms with van der Waals surface area (Å²) in [5, 5.41) is 9.09. The van der Waals surface area contributed by atoms with Crippen molar-refractivity contribution >= 4 is 17.5 Å². The second kappa shape index (κ2) is 8.54. The van der Waals surface area contributed by atoms with E-state index in [0.29, 0.717) is 50.3 Å². The van der Waals surface area contributed by atoms with Gasteiger partial charge in [0.2, 0.25) is 5.91 Å². The van der Waals surface area contributed by atoms with E-state index in [1.807, 2.05) is 23.1 Å². The number of anilines is 1. The van der Waals surface area contributed by atoms with E-state index in [2.05, 4.69) is 11.0 Å². The van der Waals surface area contributed by atoms with Gasteiger partial charge in [-0.15, -0.1) is 0 Å². The van der Waals surface area contributed by atoms with Crippen LogP contribution in [0.5, 0.6) is 0 Å². The molecule has 2 aliphatic rings. The lowest BCUT2D eigenvalue weighted by atomic mass is 10.1. The Morgan fingerprint density at radius 3 is 2.43 bits per heavy atom. The summed E-state index contributed by atoms with van der Waals surface area (Å²) in [6.45, 7) is 3.04. The quantitative estimate of drug-likeness (QED) is 0.786. The molecule has 7 heteroatoms. The van der Waals surface area contributed by atoms with Crippen molar-refractivity contribution in [3.8, 4) is 6.07 Å². The molecule has 0 aromatic heterocycles. The van der Waals surface area contributed by atoms with E-state index in [0.717, 1.165) is 12.1 Å². The van der Waals surface area contributed by atoms with Crippen molar-refractivity contribution in [3.05, 3.63) is 65.5 Å². The van der Waals surface area contributed by atoms with E-state index < -0.39 is 11.9 Å². The van der Waals surface area contributed by atoms with Crippen LogP contribution in [0.15, 0.2) is 48.5 Å². The van der Waals surface area contributed by atoms with Crippen LogP contribution in [0.2, 0.25) is 0 Å². The van der Waals surface area contributed by atoms with E-state index >= 15 is 0 Å². The Hall–Kier alpha value is -3.40. The average molecular weight is 406 g/mol. The van der Waals surface area contributed by atoms with Crippen LogP contribution in [-0.4, -0.2) is 60.4 Å². The smallest absolute Gasteiger partial charge is 0.254 e. The Labute approximate surface area is 175 Å². The largest absolute Gasteiger partial charge is 0.368 e. The Morgan fingerprint density at radius 1 is 1.00 bits per heavy atom. The highest BCUT2D eigenvalue weighted by Gasteiger charge is 2.37. The van der Waals surface area contributed by atoms with Gasteiger partial charge in [0, 0.05) is 44.0 Å². The molecule has 4 rings (SSSR count). The monoisotopic (exact) mass is 406 g/mol. The Morgan fingerprint density at radius 2 is 1.73 bits per heavy atom. The SMILES string of the molecule is N#Cc1cccc(N2CCN(C(=O)[C@@H]3CCCN3C(=O)c3ccc(F)cc3)CC2)c1. The molecule has 0 aliphatic carbocycles. The number of nitriles is 1. The second-order valence-electron chi connectivity index (χ2n) is 7.64. The van der Waals surface area contributed by atoms with Gasteiger partial charge in [0.25, 0.3) is 5.91 Å². The molecule has 0 radical (unpaired) electrons. The van der Waals surface area contributed by atoms with Gasteiger partial charge in [0.05, 0.1) is 11.6 Å². The topological polar surface area (TPSA) is 67.7 Å². The molecule has 2 amide bonds. The van der Waals surface area contributed by atoms with Crippen LogP contribution in [-0.2, 0) is 4.79 Å². The molecule has 30 heavy (non-hydrogen) atoms. The van der Waals surface area contributed by atoms with Crippen LogP contribution < -0.4 is 4.90 Å². The summed E-state index contributed by atoms with van der Waals surface area (Å²) in [6, 6.07) is 14.6. The highest BCUT2D eigenvalue weighted by Crippen LogP contribution is 2.24. The average Bonchev–Trinajstić information content (AvgIpc) is 3.29. The summed E-state index contributed by atoms with van der Waals surface area (Å²) < 4.78 is 13.2. The molecular weight excluding hydrogens is 383 g/mol. The molecule has 2 saturated heterocycles. The number of rotatable bonds is 3. The lowest BCUT2D eigenvalue weighted by Gasteiger charge is -2.38. The minimum absolute atomic E-state index is 0.0200. The van der Waals surface area contributed by atoms with Gasteiger partial charge >= 0.3 is 0 Å². The summed E-state index contributed by atoms with van der Waals surface area (Å²) in [5.41, 5.74) is 2.00. The van der Waals surface area contributed by atoms with Crippen LogP contribution in [0.4, 0.5) is 10.1 Å². The van der Waals surface area contributed by atoms with Gasteiger partial charge in [-0.2, -0.15) is 5.26 Å². The molecule has 2 fully saturated rings. The van der Waals surface area contributed by atoms with Crippen molar-refractivity contribution in [1.29, 1.82) is 5.26 Å². The first-order valence-electron chi connectivity index (χ1n) is 10.2. The summed E-state index contributed by atoms with van der Waals surface area (Å²) in [7, 11) is 0. The number of likely N-dealkylation sites (tertiary alicyclic amines) is 1. The van der Waals surface area contributed by atoms with E-state index in [1.54, 1.807) is 11.0 Å². The standard InChI is InChI=1S/C23H23FN4O2/c24-19-8-6-18(7-9-19)22(29)28-10-2-5-21(28)23(30)27-13-11-26(12-14-27)20-4-1-3-17(15-20)16-25/h1,3-4,6-9,15,21H,2,5,10-14H2/t21-/m0/s1. The van der Waals surface area contributed by atoms with Crippen LogP contribution in [0.1, 0.15) is 28.8 Å². The highest BCUT2D eigenvalue weighted by molar-refractivity contribution is 5.98. The number of benzene rings is 2. The molecule has 6 nitrogen and oxygen atoms in total. The number of amides is 2. The van der Waals surface area contributed by atoms with E-state index in [4.69, 9.17) is 5.26 Å². The summed E-state index contributed by atoms with van der Waals surface area (Å²) in [6.07, 6.45) is 1.43. The normalized spacial score (nSPS) is 18.9. The van der Waals surface area contributed by atoms with Crippen LogP contribution in [0.25, 0.3) is 0 Å². The third-order valence-corrected chi connectivity index (χ3v) is 5.82. The van der Waals surface area contributed by atoms with Gasteiger partial charge in [0.1, 0.15) is 11.9 Å². The molecule has 154 valence electrons. The fourth-order valence-corrected chi connectivity index (χ4v) is 4.19. The number of hydrogen-bond acceptors (Lipinski definition) is 4. The fraction of sp³-hybridized carbons (Fsp3) is 0.348. The Kier molecular flexibility index (Phi) is 5.66. The lowest BCUT2D eigenvalue weighted by molar-refractivity contribution is -0.135. The summed E-state index contributed by atoms with van der Waals surface area (Å²) in [5.74, 6) is -0.634. The lowest BCUT2D eigenvalue weighted by Crippen LogP contribution is -2.54. The van der Waals surface area contributed by atoms with Gasteiger partial charge in [0.15, 0.2) is 0 Å². The Bertz CT molecular complexity index is 977. The maximum absolute atomic E-state index is 13.2. The zero-order chi connectivity index (χ0) is 21.1. The molecule has 2 heterocycles. The van der Waals surface area contributed by atoms with E-state index in [1.165, 1.54) is 24.3 Å². The number of carbonyl (C=O) groups excluding carboxylic acids is 2. The van der Waals surface area contributed by atoms with Crippen LogP contribution in [0.3, 0.4) is 0 Å². The number of hydrogen-bond donors (Lipinski definition) is 0. The highest BCUT2D eigenvalue weighted by atomic mass is 19.1. The first-order valence-corrected chi connectivity index (χ1v) is 10.2. The van der Waals surface area contributed by atoms with Gasteiger partial charge < -0.3 is 14.7 Å². The molecule has 2 aromatic carbocycles. The van der Waals surface area contributed by atoms with Crippen molar-refractivity contribution < 1.29 is 14.0 Å². The Balaban J connectivity index is 1.40. The van der Waals surface area contributed by atoms with Gasteiger partial charge in [-0.3, -0.25) is 9.59 Å².